The van der Waals surface area contributed by atoms with Crippen LogP contribution in [0, 0.1) is 0 Å². The van der Waals surface area contributed by atoms with Gasteiger partial charge in [-0.05, 0) is 73.7 Å². The molecule has 0 saturated heterocycles. The molecule has 198 valence electrons. The number of carbonyl (C=O) groups excluding carboxylic acids is 3. The lowest BCUT2D eigenvalue weighted by Crippen LogP contribution is -2.22. The Kier molecular flexibility index (Phi) is 10.5. The van der Waals surface area contributed by atoms with E-state index in [-0.39, 0.29) is 11.6 Å². The van der Waals surface area contributed by atoms with Crippen molar-refractivity contribution < 1.29 is 38.1 Å². The molecule has 2 aromatic carbocycles. The van der Waals surface area contributed by atoms with Crippen molar-refractivity contribution in [3.63, 3.8) is 0 Å². The van der Waals surface area contributed by atoms with Gasteiger partial charge in [0.15, 0.2) is 11.6 Å². The highest BCUT2D eigenvalue weighted by atomic mass is 16.5. The second-order valence-electron chi connectivity index (χ2n) is 8.29. The number of ketones is 2. The van der Waals surface area contributed by atoms with Gasteiger partial charge in [0.05, 0.1) is 26.7 Å². The molecule has 0 saturated carbocycles. The first-order valence-electron chi connectivity index (χ1n) is 12.0. The monoisotopic (exact) mass is 518 g/mol. The van der Waals surface area contributed by atoms with Gasteiger partial charge in [0.2, 0.25) is 0 Å². The number of rotatable bonds is 10. The summed E-state index contributed by atoms with van der Waals surface area (Å²) in [4.78, 5) is 36.9. The van der Waals surface area contributed by atoms with Gasteiger partial charge in [0, 0.05) is 35.8 Å². The molecule has 1 heterocycles. The van der Waals surface area contributed by atoms with E-state index in [2.05, 4.69) is 0 Å². The molecule has 0 spiro atoms. The summed E-state index contributed by atoms with van der Waals surface area (Å²) in [6.07, 6.45) is 10.2. The van der Waals surface area contributed by atoms with Gasteiger partial charge in [-0.3, -0.25) is 9.59 Å². The molecule has 0 bridgehead atoms. The summed E-state index contributed by atoms with van der Waals surface area (Å²) in [7, 11) is 3.11. The predicted octanol–water partition coefficient (Wildman–Crippen LogP) is 5.02. The first-order chi connectivity index (χ1) is 18.4. The minimum absolute atomic E-state index is 0.230. The molecular weight excluding hydrogens is 488 g/mol. The Morgan fingerprint density at radius 2 is 1.32 bits per heavy atom. The fraction of sp³-hybridized carbons (Fsp3) is 0.233. The van der Waals surface area contributed by atoms with Crippen molar-refractivity contribution in [3.8, 4) is 11.5 Å². The standard InChI is InChI=1S/C30H30O8/c1-21-20-27(37-19-17-29(32)23-6-10-25(35-3)11-7-23)13-12-26(14-15-30(33)38-21)36-18-16-28(31)22-4-8-24(34-2)9-5-22/h4-19,21,26-27H,20H2,1-3H3/b13-12+,15-14-,18-16+,19-17+/t21-,26-,27-/m1/s1. The topological polar surface area (TPSA) is 97.4 Å². The van der Waals surface area contributed by atoms with Crippen molar-refractivity contribution in [2.75, 3.05) is 14.2 Å². The lowest BCUT2D eigenvalue weighted by atomic mass is 10.1. The summed E-state index contributed by atoms with van der Waals surface area (Å²) in [5, 5.41) is 0. The maximum atomic E-state index is 12.4. The van der Waals surface area contributed by atoms with Crippen molar-refractivity contribution >= 4 is 17.5 Å². The molecule has 0 amide bonds. The quantitative estimate of drug-likeness (QED) is 0.142. The number of benzene rings is 2. The van der Waals surface area contributed by atoms with E-state index in [9.17, 15) is 14.4 Å². The zero-order valence-electron chi connectivity index (χ0n) is 21.4. The smallest absolute Gasteiger partial charge is 0.330 e. The molecule has 3 atom stereocenters. The second kappa shape index (κ2) is 14.2. The average molecular weight is 519 g/mol. The van der Waals surface area contributed by atoms with Gasteiger partial charge in [-0.2, -0.15) is 0 Å². The highest BCUT2D eigenvalue weighted by Gasteiger charge is 2.17. The van der Waals surface area contributed by atoms with Crippen LogP contribution >= 0.6 is 0 Å². The fourth-order valence-corrected chi connectivity index (χ4v) is 3.45. The SMILES string of the molecule is COc1ccc(C(=O)/C=C/O[C@@H]2/C=C/[C@@H](O/C=C/C(=O)c3ccc(OC)cc3)/C=C\C(=O)O[C@H](C)C2)cc1. The van der Waals surface area contributed by atoms with Crippen LogP contribution < -0.4 is 9.47 Å². The largest absolute Gasteiger partial charge is 0.497 e. The predicted molar refractivity (Wildman–Crippen MR) is 141 cm³/mol. The Morgan fingerprint density at radius 1 is 0.789 bits per heavy atom. The number of ether oxygens (including phenoxy) is 5. The van der Waals surface area contributed by atoms with Crippen molar-refractivity contribution in [1.29, 1.82) is 0 Å². The molecule has 3 rings (SSSR count). The zero-order valence-corrected chi connectivity index (χ0v) is 21.4. The summed E-state index contributed by atoms with van der Waals surface area (Å²) >= 11 is 0. The molecule has 0 fully saturated rings. The van der Waals surface area contributed by atoms with Crippen LogP contribution in [0.2, 0.25) is 0 Å². The van der Waals surface area contributed by atoms with Gasteiger partial charge < -0.3 is 23.7 Å². The molecule has 0 aromatic heterocycles. The third-order valence-corrected chi connectivity index (χ3v) is 5.50. The van der Waals surface area contributed by atoms with Crippen LogP contribution in [0.4, 0.5) is 0 Å². The van der Waals surface area contributed by atoms with E-state index in [4.69, 9.17) is 23.7 Å². The molecular formula is C30H30O8. The number of esters is 1. The Balaban J connectivity index is 1.64. The molecule has 8 nitrogen and oxygen atoms in total. The third kappa shape index (κ3) is 8.81. The second-order valence-corrected chi connectivity index (χ2v) is 8.29. The molecule has 1 aliphatic heterocycles. The number of carbonyl (C=O) groups is 3. The van der Waals surface area contributed by atoms with Crippen molar-refractivity contribution in [2.45, 2.75) is 31.7 Å². The normalized spacial score (nSPS) is 21.3. The molecule has 38 heavy (non-hydrogen) atoms. The summed E-state index contributed by atoms with van der Waals surface area (Å²) in [6.45, 7) is 1.76. The number of methoxy groups -OCH3 is 2. The number of allylic oxidation sites excluding steroid dienone is 2. The number of cyclic esters (lactones) is 1. The summed E-state index contributed by atoms with van der Waals surface area (Å²) in [6, 6.07) is 13.4. The van der Waals surface area contributed by atoms with E-state index >= 15 is 0 Å². The Morgan fingerprint density at radius 3 is 1.84 bits per heavy atom. The molecule has 0 radical (unpaired) electrons. The van der Waals surface area contributed by atoms with Crippen LogP contribution in [-0.2, 0) is 19.0 Å². The summed E-state index contributed by atoms with van der Waals surface area (Å²) in [5.41, 5.74) is 0.966. The number of hydrogen-bond donors (Lipinski definition) is 0. The van der Waals surface area contributed by atoms with Crippen LogP contribution in [0.15, 0.2) is 97.5 Å². The van der Waals surface area contributed by atoms with E-state index in [0.29, 0.717) is 29.0 Å². The van der Waals surface area contributed by atoms with Gasteiger partial charge in [-0.15, -0.1) is 0 Å². The van der Waals surface area contributed by atoms with Gasteiger partial charge in [0.25, 0.3) is 0 Å². The Hall–Kier alpha value is -4.59. The highest BCUT2D eigenvalue weighted by molar-refractivity contribution is 6.04. The maximum Gasteiger partial charge on any atom is 0.330 e. The van der Waals surface area contributed by atoms with Crippen LogP contribution in [0.25, 0.3) is 0 Å². The molecule has 2 aromatic rings. The fourth-order valence-electron chi connectivity index (χ4n) is 3.45. The lowest BCUT2D eigenvalue weighted by molar-refractivity contribution is -0.143. The molecule has 1 aliphatic rings. The van der Waals surface area contributed by atoms with Gasteiger partial charge in [0.1, 0.15) is 29.8 Å². The van der Waals surface area contributed by atoms with Crippen LogP contribution in [-0.4, -0.2) is 50.1 Å². The minimum Gasteiger partial charge on any atom is -0.497 e. The first-order valence-corrected chi connectivity index (χ1v) is 12.0. The van der Waals surface area contributed by atoms with Crippen molar-refractivity contribution in [2.24, 2.45) is 0 Å². The van der Waals surface area contributed by atoms with E-state index < -0.39 is 24.3 Å². The summed E-state index contributed by atoms with van der Waals surface area (Å²) in [5.74, 6) is 0.302. The van der Waals surface area contributed by atoms with Crippen molar-refractivity contribution in [1.82, 2.24) is 0 Å². The lowest BCUT2D eigenvalue weighted by Gasteiger charge is -2.20. The zero-order chi connectivity index (χ0) is 27.3. The van der Waals surface area contributed by atoms with E-state index in [1.807, 2.05) is 0 Å². The van der Waals surface area contributed by atoms with E-state index in [1.165, 1.54) is 36.8 Å². The van der Waals surface area contributed by atoms with Crippen LogP contribution in [0.1, 0.15) is 34.1 Å². The molecule has 0 N–H and O–H groups in total. The van der Waals surface area contributed by atoms with E-state index in [1.54, 1.807) is 81.8 Å². The van der Waals surface area contributed by atoms with Crippen LogP contribution in [0.3, 0.4) is 0 Å². The molecule has 0 aliphatic carbocycles. The third-order valence-electron chi connectivity index (χ3n) is 5.50. The Bertz CT molecular complexity index is 1210. The average Bonchev–Trinajstić information content (AvgIpc) is 2.93. The van der Waals surface area contributed by atoms with Crippen molar-refractivity contribution in [3.05, 3.63) is 109 Å². The highest BCUT2D eigenvalue weighted by Crippen LogP contribution is 2.15. The summed E-state index contributed by atoms with van der Waals surface area (Å²) < 4.78 is 27.0. The molecule has 0 unspecified atom stereocenters. The van der Waals surface area contributed by atoms with Gasteiger partial charge >= 0.3 is 5.97 Å². The Labute approximate surface area is 221 Å². The number of hydrogen-bond acceptors (Lipinski definition) is 8. The van der Waals surface area contributed by atoms with Crippen LogP contribution in [0.5, 0.6) is 11.5 Å². The molecule has 8 heteroatoms. The first kappa shape index (κ1) is 28.0. The van der Waals surface area contributed by atoms with Gasteiger partial charge in [-0.25, -0.2) is 4.79 Å². The minimum atomic E-state index is -0.660. The van der Waals surface area contributed by atoms with Gasteiger partial charge in [-0.1, -0.05) is 0 Å². The van der Waals surface area contributed by atoms with E-state index in [0.717, 1.165) is 0 Å². The maximum absolute atomic E-state index is 12.4.